The summed E-state index contributed by atoms with van der Waals surface area (Å²) in [6, 6.07) is 12.9. The first-order valence-corrected chi connectivity index (χ1v) is 7.74. The van der Waals surface area contributed by atoms with Gasteiger partial charge >= 0.3 is 6.03 Å². The van der Waals surface area contributed by atoms with Crippen LogP contribution in [0, 0.1) is 13.8 Å². The Hall–Kier alpha value is -2.62. The second-order valence-corrected chi connectivity index (χ2v) is 5.66. The third-order valence-electron chi connectivity index (χ3n) is 3.70. The van der Waals surface area contributed by atoms with Gasteiger partial charge in [0.2, 0.25) is 0 Å². The van der Waals surface area contributed by atoms with Gasteiger partial charge in [-0.2, -0.15) is 0 Å². The molecule has 0 aliphatic carbocycles. The van der Waals surface area contributed by atoms with Gasteiger partial charge in [0, 0.05) is 27.1 Å². The van der Waals surface area contributed by atoms with E-state index < -0.39 is 0 Å². The van der Waals surface area contributed by atoms with Crippen LogP contribution in [0.15, 0.2) is 42.5 Å². The van der Waals surface area contributed by atoms with Crippen LogP contribution in [0.5, 0.6) is 0 Å². The van der Waals surface area contributed by atoms with E-state index >= 15 is 0 Å². The lowest BCUT2D eigenvalue weighted by atomic mass is 10.0. The highest BCUT2D eigenvalue weighted by molar-refractivity contribution is 5.99. The van der Waals surface area contributed by atoms with Crippen molar-refractivity contribution >= 4 is 23.2 Å². The second kappa shape index (κ2) is 7.58. The van der Waals surface area contributed by atoms with Crippen LogP contribution in [0.2, 0.25) is 0 Å². The molecule has 0 radical (unpaired) electrons. The van der Waals surface area contributed by atoms with Gasteiger partial charge in [-0.15, -0.1) is 0 Å². The van der Waals surface area contributed by atoms with E-state index in [-0.39, 0.29) is 14.7 Å². The zero-order valence-corrected chi connectivity index (χ0v) is 13.8. The zero-order chi connectivity index (χ0) is 16.8. The number of rotatable bonds is 5. The summed E-state index contributed by atoms with van der Waals surface area (Å²) >= 11 is 0. The molecule has 4 nitrogen and oxygen atoms in total. The van der Waals surface area contributed by atoms with Crippen molar-refractivity contribution < 1.29 is 12.4 Å². The number of aryl methyl sites for hydroxylation is 2. The van der Waals surface area contributed by atoms with Gasteiger partial charge in [0.1, 0.15) is 5.78 Å². The number of urea groups is 1. The van der Waals surface area contributed by atoms with Gasteiger partial charge < -0.3 is 10.6 Å². The van der Waals surface area contributed by atoms with Crippen molar-refractivity contribution in [3.63, 3.8) is 0 Å². The number of amides is 2. The maximum Gasteiger partial charge on any atom is 0.323 e. The Morgan fingerprint density at radius 1 is 0.957 bits per heavy atom. The van der Waals surface area contributed by atoms with Gasteiger partial charge in [0.25, 0.3) is 0 Å². The van der Waals surface area contributed by atoms with Crippen LogP contribution in [0.3, 0.4) is 0 Å². The highest BCUT2D eigenvalue weighted by Gasteiger charge is 2.08. The van der Waals surface area contributed by atoms with E-state index in [0.29, 0.717) is 18.5 Å². The van der Waals surface area contributed by atoms with Crippen molar-refractivity contribution in [2.75, 3.05) is 10.6 Å². The summed E-state index contributed by atoms with van der Waals surface area (Å²) in [5.74, 6) is 0.189. The summed E-state index contributed by atoms with van der Waals surface area (Å²) in [7, 11) is 0. The SMILES string of the molecule is CCC(=O)Cc1cc(NC(=O)Nc2ccc(C)cc2)ccc1C.[HH].[HH]. The summed E-state index contributed by atoms with van der Waals surface area (Å²) in [6.07, 6.45) is 0.919. The van der Waals surface area contributed by atoms with Gasteiger partial charge in [0.15, 0.2) is 0 Å². The zero-order valence-electron chi connectivity index (χ0n) is 13.8. The summed E-state index contributed by atoms with van der Waals surface area (Å²) in [5, 5.41) is 5.59. The van der Waals surface area contributed by atoms with Crippen LogP contribution in [0.25, 0.3) is 0 Å². The average Bonchev–Trinajstić information content (AvgIpc) is 2.52. The van der Waals surface area contributed by atoms with Crippen LogP contribution in [-0.4, -0.2) is 11.8 Å². The minimum atomic E-state index is -0.300. The molecule has 2 aromatic carbocycles. The Morgan fingerprint density at radius 3 is 2.22 bits per heavy atom. The van der Waals surface area contributed by atoms with E-state index in [1.54, 1.807) is 0 Å². The molecule has 2 aromatic rings. The standard InChI is InChI=1S/C19H22N2O2.2H2/c1-4-18(22)12-15-11-17(10-7-14(15)3)21-19(23)20-16-8-5-13(2)6-9-16;;/h5-11H,4,12H2,1-3H3,(H2,20,21,23);2*1H. The predicted molar refractivity (Wildman–Crippen MR) is 98.2 cm³/mol. The lowest BCUT2D eigenvalue weighted by Gasteiger charge is -2.11. The Morgan fingerprint density at radius 2 is 1.57 bits per heavy atom. The minimum absolute atomic E-state index is 0. The lowest BCUT2D eigenvalue weighted by Crippen LogP contribution is -2.19. The second-order valence-electron chi connectivity index (χ2n) is 5.66. The Kier molecular flexibility index (Phi) is 5.52. The molecule has 0 saturated carbocycles. The molecule has 0 heterocycles. The highest BCUT2D eigenvalue weighted by Crippen LogP contribution is 2.17. The fourth-order valence-electron chi connectivity index (χ4n) is 2.21. The molecule has 0 fully saturated rings. The molecule has 2 N–H and O–H groups in total. The molecule has 0 atom stereocenters. The summed E-state index contributed by atoms with van der Waals surface area (Å²) in [6.45, 7) is 5.82. The van der Waals surface area contributed by atoms with E-state index in [4.69, 9.17) is 0 Å². The quantitative estimate of drug-likeness (QED) is 0.819. The first-order chi connectivity index (χ1) is 11.0. The number of hydrogen-bond donors (Lipinski definition) is 2. The van der Waals surface area contributed by atoms with Gasteiger partial charge in [-0.3, -0.25) is 4.79 Å². The maximum absolute atomic E-state index is 12.1. The Labute approximate surface area is 139 Å². The van der Waals surface area contributed by atoms with Crippen LogP contribution in [0.1, 0.15) is 32.9 Å². The van der Waals surface area contributed by atoms with E-state index in [1.165, 1.54) is 0 Å². The number of carbonyl (C=O) groups excluding carboxylic acids is 2. The monoisotopic (exact) mass is 314 g/mol. The molecule has 0 bridgehead atoms. The van der Waals surface area contributed by atoms with Crippen molar-refractivity contribution in [1.82, 2.24) is 0 Å². The molecule has 0 aliphatic rings. The molecule has 0 aromatic heterocycles. The number of Topliss-reactive ketones (excluding diaryl/α,β-unsaturated/α-hetero) is 1. The third kappa shape index (κ3) is 4.95. The molecule has 2 rings (SSSR count). The van der Waals surface area contributed by atoms with Gasteiger partial charge in [-0.25, -0.2) is 4.79 Å². The molecule has 23 heavy (non-hydrogen) atoms. The maximum atomic E-state index is 12.1. The van der Waals surface area contributed by atoms with Crippen molar-refractivity contribution in [2.45, 2.75) is 33.6 Å². The highest BCUT2D eigenvalue weighted by atomic mass is 16.2. The number of ketones is 1. The van der Waals surface area contributed by atoms with Crippen molar-refractivity contribution in [3.05, 3.63) is 59.2 Å². The Bertz CT molecular complexity index is 716. The number of anilines is 2. The molecular formula is C19H26N2O2. The van der Waals surface area contributed by atoms with E-state index in [2.05, 4.69) is 10.6 Å². The fraction of sp³-hybridized carbons (Fsp3) is 0.263. The van der Waals surface area contributed by atoms with Gasteiger partial charge in [-0.1, -0.05) is 30.7 Å². The number of benzene rings is 2. The van der Waals surface area contributed by atoms with Crippen LogP contribution >= 0.6 is 0 Å². The largest absolute Gasteiger partial charge is 0.323 e. The van der Waals surface area contributed by atoms with Crippen LogP contribution < -0.4 is 10.6 Å². The number of hydrogen-bond acceptors (Lipinski definition) is 2. The number of carbonyl (C=O) groups is 2. The van der Waals surface area contributed by atoms with Gasteiger partial charge in [0.05, 0.1) is 0 Å². The molecule has 2 amide bonds. The predicted octanol–water partition coefficient (Wildman–Crippen LogP) is 4.96. The Balaban J connectivity index is 0.00000288. The third-order valence-corrected chi connectivity index (χ3v) is 3.70. The van der Waals surface area contributed by atoms with Crippen molar-refractivity contribution in [3.8, 4) is 0 Å². The topological polar surface area (TPSA) is 58.2 Å². The number of nitrogens with one attached hydrogen (secondary N) is 2. The first kappa shape index (κ1) is 16.7. The molecule has 0 spiro atoms. The minimum Gasteiger partial charge on any atom is -0.308 e. The van der Waals surface area contributed by atoms with Gasteiger partial charge in [-0.05, 0) is 49.2 Å². The lowest BCUT2D eigenvalue weighted by molar-refractivity contribution is -0.118. The van der Waals surface area contributed by atoms with E-state index in [0.717, 1.165) is 22.4 Å². The average molecular weight is 314 g/mol. The molecule has 124 valence electrons. The summed E-state index contributed by atoms with van der Waals surface area (Å²) < 4.78 is 0. The first-order valence-electron chi connectivity index (χ1n) is 7.74. The van der Waals surface area contributed by atoms with Crippen molar-refractivity contribution in [2.24, 2.45) is 0 Å². The van der Waals surface area contributed by atoms with Crippen LogP contribution in [-0.2, 0) is 11.2 Å². The van der Waals surface area contributed by atoms with E-state index in [1.807, 2.05) is 63.2 Å². The summed E-state index contributed by atoms with van der Waals surface area (Å²) in [5.41, 5.74) is 4.56. The smallest absolute Gasteiger partial charge is 0.308 e. The fourth-order valence-corrected chi connectivity index (χ4v) is 2.21. The molecule has 0 unspecified atom stereocenters. The van der Waals surface area contributed by atoms with E-state index in [9.17, 15) is 9.59 Å². The molecular weight excluding hydrogens is 288 g/mol. The summed E-state index contributed by atoms with van der Waals surface area (Å²) in [4.78, 5) is 23.7. The molecule has 4 heteroatoms. The molecule has 0 saturated heterocycles. The van der Waals surface area contributed by atoms with Crippen LogP contribution in [0.4, 0.5) is 16.2 Å². The normalized spacial score (nSPS) is 10.2. The van der Waals surface area contributed by atoms with Crippen molar-refractivity contribution in [1.29, 1.82) is 0 Å². The molecule has 0 aliphatic heterocycles.